The van der Waals surface area contributed by atoms with Crippen molar-refractivity contribution in [1.29, 1.82) is 0 Å². The van der Waals surface area contributed by atoms with Crippen molar-refractivity contribution in [2.45, 2.75) is 26.8 Å². The number of benzene rings is 1. The van der Waals surface area contributed by atoms with Gasteiger partial charge in [0, 0.05) is 5.71 Å². The van der Waals surface area contributed by atoms with Crippen LogP contribution in [0.2, 0.25) is 0 Å². The fourth-order valence-corrected chi connectivity index (χ4v) is 0.921. The highest BCUT2D eigenvalue weighted by Crippen LogP contribution is 2.00. The molecule has 0 aromatic heterocycles. The first kappa shape index (κ1) is 8.98. The summed E-state index contributed by atoms with van der Waals surface area (Å²) in [7, 11) is 0. The van der Waals surface area contributed by atoms with Gasteiger partial charge in [-0.3, -0.25) is 4.99 Å². The van der Waals surface area contributed by atoms with Crippen molar-refractivity contribution in [3.05, 3.63) is 35.9 Å². The molecule has 0 unspecified atom stereocenters. The molecule has 0 amide bonds. The molecule has 0 fully saturated rings. The molecule has 1 aromatic carbocycles. The van der Waals surface area contributed by atoms with Crippen molar-refractivity contribution in [2.24, 2.45) is 4.99 Å². The molecule has 0 atom stereocenters. The number of nitrogens with zero attached hydrogens (tertiary/aromatic N) is 1. The summed E-state index contributed by atoms with van der Waals surface area (Å²) in [5.41, 5.74) is 2.50. The van der Waals surface area contributed by atoms with Crippen molar-refractivity contribution in [2.75, 3.05) is 0 Å². The van der Waals surface area contributed by atoms with Crippen molar-refractivity contribution >= 4 is 5.71 Å². The summed E-state index contributed by atoms with van der Waals surface area (Å²) in [4.78, 5) is 4.43. The van der Waals surface area contributed by atoms with Crippen molar-refractivity contribution in [3.8, 4) is 0 Å². The van der Waals surface area contributed by atoms with Gasteiger partial charge in [0.05, 0.1) is 6.54 Å². The molecule has 0 saturated heterocycles. The molecule has 64 valence electrons. The van der Waals surface area contributed by atoms with E-state index >= 15 is 0 Å². The maximum atomic E-state index is 4.43. The highest BCUT2D eigenvalue weighted by molar-refractivity contribution is 5.81. The smallest absolute Gasteiger partial charge is 0.0638 e. The van der Waals surface area contributed by atoms with Crippen LogP contribution >= 0.6 is 0 Å². The Bertz CT molecular complexity index is 249. The molecule has 0 spiro atoms. The van der Waals surface area contributed by atoms with Gasteiger partial charge in [-0.25, -0.2) is 0 Å². The van der Waals surface area contributed by atoms with Gasteiger partial charge in [-0.15, -0.1) is 0 Å². The van der Waals surface area contributed by atoms with Gasteiger partial charge in [0.2, 0.25) is 0 Å². The SMILES string of the molecule is CCC(C)=NCc1ccccc1. The standard InChI is InChI=1S/C11H15N/c1-3-10(2)12-9-11-7-5-4-6-8-11/h4-8H,3,9H2,1-2H3. The van der Waals surface area contributed by atoms with Crippen molar-refractivity contribution in [3.63, 3.8) is 0 Å². The summed E-state index contributed by atoms with van der Waals surface area (Å²) < 4.78 is 0. The fourth-order valence-electron chi connectivity index (χ4n) is 0.921. The van der Waals surface area contributed by atoms with Crippen LogP contribution in [0.4, 0.5) is 0 Å². The van der Waals surface area contributed by atoms with Crippen LogP contribution < -0.4 is 0 Å². The highest BCUT2D eigenvalue weighted by Gasteiger charge is 1.88. The summed E-state index contributed by atoms with van der Waals surface area (Å²) >= 11 is 0. The van der Waals surface area contributed by atoms with Crippen molar-refractivity contribution < 1.29 is 0 Å². The summed E-state index contributed by atoms with van der Waals surface area (Å²) in [6.45, 7) is 5.02. The Morgan fingerprint density at radius 2 is 1.92 bits per heavy atom. The van der Waals surface area contributed by atoms with Crippen molar-refractivity contribution in [1.82, 2.24) is 0 Å². The molecule has 1 heteroatoms. The minimum absolute atomic E-state index is 0.820. The normalized spacial score (nSPS) is 11.7. The van der Waals surface area contributed by atoms with Crippen LogP contribution in [0.5, 0.6) is 0 Å². The first-order valence-electron chi connectivity index (χ1n) is 4.36. The molecular weight excluding hydrogens is 146 g/mol. The zero-order valence-electron chi connectivity index (χ0n) is 7.75. The minimum Gasteiger partial charge on any atom is -0.290 e. The van der Waals surface area contributed by atoms with Crippen LogP contribution in [-0.4, -0.2) is 5.71 Å². The van der Waals surface area contributed by atoms with E-state index in [2.05, 4.69) is 31.0 Å². The number of hydrogen-bond donors (Lipinski definition) is 0. The zero-order chi connectivity index (χ0) is 8.81. The van der Waals surface area contributed by atoms with Crippen LogP contribution in [0, 0.1) is 0 Å². The van der Waals surface area contributed by atoms with Crippen LogP contribution in [0.3, 0.4) is 0 Å². The number of hydrogen-bond acceptors (Lipinski definition) is 1. The number of aliphatic imine (C=N–C) groups is 1. The lowest BCUT2D eigenvalue weighted by Gasteiger charge is -1.97. The molecule has 0 aliphatic carbocycles. The monoisotopic (exact) mass is 161 g/mol. The lowest BCUT2D eigenvalue weighted by Crippen LogP contribution is -1.89. The molecule has 0 aliphatic rings. The molecular formula is C11H15N. The Morgan fingerprint density at radius 1 is 1.25 bits per heavy atom. The van der Waals surface area contributed by atoms with Gasteiger partial charge in [0.25, 0.3) is 0 Å². The zero-order valence-corrected chi connectivity index (χ0v) is 7.75. The third kappa shape index (κ3) is 2.87. The second-order valence-corrected chi connectivity index (χ2v) is 2.89. The third-order valence-electron chi connectivity index (χ3n) is 1.89. The molecule has 1 rings (SSSR count). The minimum atomic E-state index is 0.820. The van der Waals surface area contributed by atoms with Crippen LogP contribution in [0.15, 0.2) is 35.3 Å². The summed E-state index contributed by atoms with van der Waals surface area (Å²) in [6.07, 6.45) is 1.05. The summed E-state index contributed by atoms with van der Waals surface area (Å²) in [5.74, 6) is 0. The molecule has 0 N–H and O–H groups in total. The second kappa shape index (κ2) is 4.70. The fraction of sp³-hybridized carbons (Fsp3) is 0.364. The Hall–Kier alpha value is -1.11. The largest absolute Gasteiger partial charge is 0.290 e. The highest BCUT2D eigenvalue weighted by atomic mass is 14.7. The molecule has 12 heavy (non-hydrogen) atoms. The Labute approximate surface area is 74.2 Å². The van der Waals surface area contributed by atoms with Crippen LogP contribution in [0.1, 0.15) is 25.8 Å². The Kier molecular flexibility index (Phi) is 3.52. The topological polar surface area (TPSA) is 12.4 Å². The van der Waals surface area contributed by atoms with Crippen LogP contribution in [-0.2, 0) is 6.54 Å². The Morgan fingerprint density at radius 3 is 2.50 bits per heavy atom. The first-order chi connectivity index (χ1) is 5.83. The molecule has 1 nitrogen and oxygen atoms in total. The van der Waals surface area contributed by atoms with Gasteiger partial charge < -0.3 is 0 Å². The van der Waals surface area contributed by atoms with E-state index in [0.29, 0.717) is 0 Å². The van der Waals surface area contributed by atoms with E-state index in [1.54, 1.807) is 0 Å². The molecule has 0 radical (unpaired) electrons. The molecule has 0 saturated carbocycles. The van der Waals surface area contributed by atoms with Gasteiger partial charge in [-0.05, 0) is 18.9 Å². The second-order valence-electron chi connectivity index (χ2n) is 2.89. The van der Waals surface area contributed by atoms with E-state index in [0.717, 1.165) is 13.0 Å². The third-order valence-corrected chi connectivity index (χ3v) is 1.89. The molecule has 0 heterocycles. The first-order valence-corrected chi connectivity index (χ1v) is 4.36. The van der Waals surface area contributed by atoms with Gasteiger partial charge in [-0.1, -0.05) is 37.3 Å². The number of rotatable bonds is 3. The van der Waals surface area contributed by atoms with E-state index in [-0.39, 0.29) is 0 Å². The maximum absolute atomic E-state index is 4.43. The van der Waals surface area contributed by atoms with E-state index in [1.807, 2.05) is 18.2 Å². The average molecular weight is 161 g/mol. The lowest BCUT2D eigenvalue weighted by atomic mass is 10.2. The quantitative estimate of drug-likeness (QED) is 0.604. The van der Waals surface area contributed by atoms with Gasteiger partial charge in [0.1, 0.15) is 0 Å². The Balaban J connectivity index is 2.54. The molecule has 0 aliphatic heterocycles. The van der Waals surface area contributed by atoms with E-state index < -0.39 is 0 Å². The predicted molar refractivity (Wildman–Crippen MR) is 53.5 cm³/mol. The summed E-state index contributed by atoms with van der Waals surface area (Å²) in [5, 5.41) is 0. The van der Waals surface area contributed by atoms with E-state index in [9.17, 15) is 0 Å². The van der Waals surface area contributed by atoms with Crippen LogP contribution in [0.25, 0.3) is 0 Å². The van der Waals surface area contributed by atoms with Gasteiger partial charge in [-0.2, -0.15) is 0 Å². The van der Waals surface area contributed by atoms with E-state index in [1.165, 1.54) is 11.3 Å². The van der Waals surface area contributed by atoms with Gasteiger partial charge in [0.15, 0.2) is 0 Å². The average Bonchev–Trinajstić information content (AvgIpc) is 2.16. The maximum Gasteiger partial charge on any atom is 0.0638 e. The predicted octanol–water partition coefficient (Wildman–Crippen LogP) is 3.06. The molecule has 1 aromatic rings. The molecule has 0 bridgehead atoms. The summed E-state index contributed by atoms with van der Waals surface area (Å²) in [6, 6.07) is 10.3. The van der Waals surface area contributed by atoms with E-state index in [4.69, 9.17) is 0 Å². The van der Waals surface area contributed by atoms with Gasteiger partial charge >= 0.3 is 0 Å². The lowest BCUT2D eigenvalue weighted by molar-refractivity contribution is 1.04.